The molecule has 0 aromatic heterocycles. The van der Waals surface area contributed by atoms with Crippen molar-refractivity contribution in [2.75, 3.05) is 27.4 Å². The highest BCUT2D eigenvalue weighted by atomic mass is 16.5. The lowest BCUT2D eigenvalue weighted by atomic mass is 9.99. The molecule has 148 valence electrons. The van der Waals surface area contributed by atoms with Crippen LogP contribution in [0, 0.1) is 13.8 Å². The van der Waals surface area contributed by atoms with Crippen LogP contribution in [-0.2, 0) is 22.5 Å². The predicted octanol–water partition coefficient (Wildman–Crippen LogP) is 3.06. The molecule has 2 aromatic rings. The van der Waals surface area contributed by atoms with Gasteiger partial charge in [0.1, 0.15) is 0 Å². The van der Waals surface area contributed by atoms with Gasteiger partial charge in [-0.1, -0.05) is 6.07 Å². The predicted molar refractivity (Wildman–Crippen MR) is 105 cm³/mol. The summed E-state index contributed by atoms with van der Waals surface area (Å²) in [5.74, 6) is 0.623. The number of methoxy groups -OCH3 is 2. The highest BCUT2D eigenvalue weighted by Crippen LogP contribution is 2.33. The monoisotopic (exact) mass is 383 g/mol. The van der Waals surface area contributed by atoms with Gasteiger partial charge in [0, 0.05) is 13.1 Å². The van der Waals surface area contributed by atoms with Crippen molar-refractivity contribution < 1.29 is 23.8 Å². The van der Waals surface area contributed by atoms with Gasteiger partial charge in [-0.15, -0.1) is 0 Å². The van der Waals surface area contributed by atoms with Crippen molar-refractivity contribution in [3.05, 3.63) is 58.1 Å². The molecule has 0 unspecified atom stereocenters. The smallest absolute Gasteiger partial charge is 0.338 e. The molecule has 0 saturated heterocycles. The molecule has 0 aliphatic carbocycles. The Hall–Kier alpha value is -3.02. The zero-order valence-corrected chi connectivity index (χ0v) is 16.7. The second kappa shape index (κ2) is 8.33. The molecule has 0 radical (unpaired) electrons. The fraction of sp³-hybridized carbons (Fsp3) is 0.364. The lowest BCUT2D eigenvalue weighted by molar-refractivity contribution is -0.135. The summed E-state index contributed by atoms with van der Waals surface area (Å²) in [6.45, 7) is 4.67. The molecule has 0 fully saturated rings. The van der Waals surface area contributed by atoms with Crippen LogP contribution in [0.5, 0.6) is 11.5 Å². The number of rotatable bonds is 5. The van der Waals surface area contributed by atoms with Gasteiger partial charge >= 0.3 is 5.97 Å². The Balaban J connectivity index is 1.63. The molecule has 0 atom stereocenters. The van der Waals surface area contributed by atoms with Crippen LogP contribution in [0.1, 0.15) is 32.6 Å². The van der Waals surface area contributed by atoms with Crippen molar-refractivity contribution in [1.82, 2.24) is 4.90 Å². The normalized spacial score (nSPS) is 12.9. The van der Waals surface area contributed by atoms with Crippen LogP contribution in [-0.4, -0.2) is 44.1 Å². The third kappa shape index (κ3) is 4.11. The molecule has 1 aliphatic heterocycles. The highest BCUT2D eigenvalue weighted by Gasteiger charge is 2.24. The standard InChI is InChI=1S/C22H25NO5/c1-14-5-6-17(9-15(14)2)22(25)28-13-21(24)23-8-7-16-10-19(26-3)20(27-4)11-18(16)12-23/h5-6,9-11H,7-8,12-13H2,1-4H3. The van der Waals surface area contributed by atoms with Gasteiger partial charge < -0.3 is 19.1 Å². The number of hydrogen-bond donors (Lipinski definition) is 0. The number of carbonyl (C=O) groups excluding carboxylic acids is 2. The largest absolute Gasteiger partial charge is 0.493 e. The van der Waals surface area contributed by atoms with Crippen molar-refractivity contribution in [3.63, 3.8) is 0 Å². The molecule has 6 heteroatoms. The quantitative estimate of drug-likeness (QED) is 0.743. The number of carbonyl (C=O) groups is 2. The van der Waals surface area contributed by atoms with E-state index in [-0.39, 0.29) is 12.5 Å². The lowest BCUT2D eigenvalue weighted by Gasteiger charge is -2.29. The molecule has 0 saturated carbocycles. The topological polar surface area (TPSA) is 65.1 Å². The summed E-state index contributed by atoms with van der Waals surface area (Å²) in [7, 11) is 3.19. The third-order valence-corrected chi connectivity index (χ3v) is 5.14. The van der Waals surface area contributed by atoms with E-state index < -0.39 is 5.97 Å². The number of hydrogen-bond acceptors (Lipinski definition) is 5. The van der Waals surface area contributed by atoms with Gasteiger partial charge in [-0.3, -0.25) is 4.79 Å². The zero-order chi connectivity index (χ0) is 20.3. The highest BCUT2D eigenvalue weighted by molar-refractivity contribution is 5.91. The maximum absolute atomic E-state index is 12.5. The first-order chi connectivity index (χ1) is 13.4. The number of aryl methyl sites for hydroxylation is 2. The Morgan fingerprint density at radius 3 is 2.29 bits per heavy atom. The van der Waals surface area contributed by atoms with Gasteiger partial charge in [0.05, 0.1) is 19.8 Å². The van der Waals surface area contributed by atoms with Crippen molar-refractivity contribution >= 4 is 11.9 Å². The fourth-order valence-electron chi connectivity index (χ4n) is 3.27. The molecule has 3 rings (SSSR count). The minimum absolute atomic E-state index is 0.211. The van der Waals surface area contributed by atoms with Gasteiger partial charge in [0.25, 0.3) is 5.91 Å². The van der Waals surface area contributed by atoms with Crippen LogP contribution in [0.3, 0.4) is 0 Å². The van der Waals surface area contributed by atoms with Gasteiger partial charge in [-0.25, -0.2) is 4.79 Å². The van der Waals surface area contributed by atoms with Crippen LogP contribution in [0.2, 0.25) is 0 Å². The zero-order valence-electron chi connectivity index (χ0n) is 16.7. The summed E-state index contributed by atoms with van der Waals surface area (Å²) in [5, 5.41) is 0. The van der Waals surface area contributed by atoms with E-state index in [4.69, 9.17) is 14.2 Å². The summed E-state index contributed by atoms with van der Waals surface area (Å²) in [6.07, 6.45) is 0.715. The first-order valence-electron chi connectivity index (χ1n) is 9.19. The number of nitrogens with zero attached hydrogens (tertiary/aromatic N) is 1. The van der Waals surface area contributed by atoms with Crippen LogP contribution < -0.4 is 9.47 Å². The number of esters is 1. The SMILES string of the molecule is COc1cc2c(cc1OC)CN(C(=O)COC(=O)c1ccc(C)c(C)c1)CC2. The van der Waals surface area contributed by atoms with E-state index in [1.54, 1.807) is 31.3 Å². The summed E-state index contributed by atoms with van der Waals surface area (Å²) in [4.78, 5) is 26.5. The van der Waals surface area contributed by atoms with Crippen LogP contribution in [0.4, 0.5) is 0 Å². The Kier molecular flexibility index (Phi) is 5.87. The van der Waals surface area contributed by atoms with Crippen LogP contribution >= 0.6 is 0 Å². The second-order valence-corrected chi connectivity index (χ2v) is 6.92. The van der Waals surface area contributed by atoms with Gasteiger partial charge in [0.15, 0.2) is 18.1 Å². The Morgan fingerprint density at radius 2 is 1.64 bits per heavy atom. The van der Waals surface area contributed by atoms with E-state index in [0.29, 0.717) is 36.6 Å². The maximum Gasteiger partial charge on any atom is 0.338 e. The first-order valence-corrected chi connectivity index (χ1v) is 9.19. The fourth-order valence-corrected chi connectivity index (χ4v) is 3.27. The van der Waals surface area contributed by atoms with Crippen molar-refractivity contribution in [2.45, 2.75) is 26.8 Å². The number of amides is 1. The molecule has 28 heavy (non-hydrogen) atoms. The molecule has 0 N–H and O–H groups in total. The molecule has 1 heterocycles. The molecule has 0 bridgehead atoms. The van der Waals surface area contributed by atoms with E-state index in [1.165, 1.54) is 0 Å². The average molecular weight is 383 g/mol. The summed E-state index contributed by atoms with van der Waals surface area (Å²) < 4.78 is 15.9. The molecular formula is C22H25NO5. The minimum Gasteiger partial charge on any atom is -0.493 e. The van der Waals surface area contributed by atoms with E-state index in [9.17, 15) is 9.59 Å². The van der Waals surface area contributed by atoms with Gasteiger partial charge in [-0.05, 0) is 66.8 Å². The van der Waals surface area contributed by atoms with Gasteiger partial charge in [0.2, 0.25) is 0 Å². The molecule has 2 aromatic carbocycles. The summed E-state index contributed by atoms with van der Waals surface area (Å²) in [6, 6.07) is 9.21. The minimum atomic E-state index is -0.486. The van der Waals surface area contributed by atoms with E-state index in [0.717, 1.165) is 22.3 Å². The molecule has 6 nitrogen and oxygen atoms in total. The number of ether oxygens (including phenoxy) is 3. The number of benzene rings is 2. The maximum atomic E-state index is 12.5. The van der Waals surface area contributed by atoms with Crippen molar-refractivity contribution in [2.24, 2.45) is 0 Å². The van der Waals surface area contributed by atoms with Crippen LogP contribution in [0.15, 0.2) is 30.3 Å². The molecular weight excluding hydrogens is 358 g/mol. The summed E-state index contributed by atoms with van der Waals surface area (Å²) in [5.41, 5.74) is 4.72. The van der Waals surface area contributed by atoms with Crippen molar-refractivity contribution in [1.29, 1.82) is 0 Å². The molecule has 1 amide bonds. The van der Waals surface area contributed by atoms with E-state index in [2.05, 4.69) is 0 Å². The van der Waals surface area contributed by atoms with Crippen molar-refractivity contribution in [3.8, 4) is 11.5 Å². The lowest BCUT2D eigenvalue weighted by Crippen LogP contribution is -2.38. The Morgan fingerprint density at radius 1 is 0.964 bits per heavy atom. The van der Waals surface area contributed by atoms with E-state index in [1.807, 2.05) is 32.0 Å². The summed E-state index contributed by atoms with van der Waals surface area (Å²) >= 11 is 0. The first kappa shape index (κ1) is 19.7. The molecule has 0 spiro atoms. The third-order valence-electron chi connectivity index (χ3n) is 5.14. The average Bonchev–Trinajstić information content (AvgIpc) is 2.72. The molecule has 1 aliphatic rings. The van der Waals surface area contributed by atoms with Gasteiger partial charge in [-0.2, -0.15) is 0 Å². The number of fused-ring (bicyclic) bond motifs is 1. The Bertz CT molecular complexity index is 906. The Labute approximate surface area is 165 Å². The second-order valence-electron chi connectivity index (χ2n) is 6.92. The van der Waals surface area contributed by atoms with Crippen LogP contribution in [0.25, 0.3) is 0 Å². The van der Waals surface area contributed by atoms with E-state index >= 15 is 0 Å².